The van der Waals surface area contributed by atoms with Gasteiger partial charge in [-0.1, -0.05) is 0 Å². The second kappa shape index (κ2) is 25.5. The summed E-state index contributed by atoms with van der Waals surface area (Å²) < 4.78 is 49.6. The van der Waals surface area contributed by atoms with Crippen molar-refractivity contribution in [3.8, 4) is 0 Å². The standard InChI is InChI=1S/C56H82O31/c57-17-8-29-36-30(9-17)82-47-35(18(51(73)74)10-28(65)41(47)69)37(36)48(45(81-29)14-1-2-21(58)22(59)3-14)83-31-12-20-34(44(72)42(31)70)33-19(11-27(64)40(68)43(33)71)55(78)85-46-32(13-80-54(20)77)84-56(79)50(87-53(76)16-6-25(62)39(67)26(63)7-16)49(46)86-52(75)15-4-23(60)38(66)24(61)5-15/h14-50,56-72,79H,1-13H2,(H,73,74). The van der Waals surface area contributed by atoms with E-state index < -0.39 is 311 Å². The molecule has 31 heteroatoms. The van der Waals surface area contributed by atoms with Gasteiger partial charge in [0.1, 0.15) is 43.2 Å². The Balaban J connectivity index is 0.954. The lowest BCUT2D eigenvalue weighted by atomic mass is 9.55. The third-order valence-electron chi connectivity index (χ3n) is 21.5. The smallest absolute Gasteiger partial charge is 0.309 e. The maximum atomic E-state index is 15.2. The van der Waals surface area contributed by atoms with E-state index in [0.29, 0.717) is 0 Å². The molecule has 4 saturated heterocycles. The zero-order valence-electron chi connectivity index (χ0n) is 47.0. The van der Waals surface area contributed by atoms with E-state index >= 15 is 9.59 Å². The molecule has 0 aromatic carbocycles. The zero-order valence-corrected chi connectivity index (χ0v) is 47.0. The number of hydrogen-bond donors (Lipinski definition) is 18. The van der Waals surface area contributed by atoms with Crippen LogP contribution in [0.15, 0.2) is 0 Å². The first-order valence-corrected chi connectivity index (χ1v) is 30.3. The number of carboxylic acid groups (broad SMARTS) is 1. The van der Waals surface area contributed by atoms with Crippen molar-refractivity contribution in [3.63, 3.8) is 0 Å². The molecule has 18 N–H and O–H groups in total. The van der Waals surface area contributed by atoms with Crippen LogP contribution in [-0.2, 0) is 61.9 Å². The van der Waals surface area contributed by atoms with Gasteiger partial charge in [0.25, 0.3) is 0 Å². The fraction of sp³-hybridized carbons (Fsp3) is 0.911. The molecule has 0 amide bonds. The summed E-state index contributed by atoms with van der Waals surface area (Å²) in [5.74, 6) is -21.9. The number of carboxylic acids is 1. The summed E-state index contributed by atoms with van der Waals surface area (Å²) in [4.78, 5) is 71.7. The van der Waals surface area contributed by atoms with E-state index in [2.05, 4.69) is 0 Å². The van der Waals surface area contributed by atoms with Crippen molar-refractivity contribution >= 4 is 29.8 Å². The summed E-state index contributed by atoms with van der Waals surface area (Å²) in [6, 6.07) is 0. The van der Waals surface area contributed by atoms with Crippen LogP contribution in [-0.4, -0.2) is 293 Å². The zero-order chi connectivity index (χ0) is 62.7. The highest BCUT2D eigenvalue weighted by molar-refractivity contribution is 5.77. The van der Waals surface area contributed by atoms with Gasteiger partial charge in [-0.25, -0.2) is 0 Å². The van der Waals surface area contributed by atoms with E-state index in [9.17, 15) is 106 Å². The van der Waals surface area contributed by atoms with Gasteiger partial charge in [0, 0.05) is 29.6 Å². The molecule has 0 radical (unpaired) electrons. The Labute approximate surface area is 496 Å². The number of aliphatic hydroxyl groups is 17. The number of carbonyl (C=O) groups is 5. The van der Waals surface area contributed by atoms with Gasteiger partial charge < -0.3 is 130 Å². The number of esters is 4. The minimum Gasteiger partial charge on any atom is -0.481 e. The van der Waals surface area contributed by atoms with Crippen LogP contribution in [0.3, 0.4) is 0 Å². The third-order valence-corrected chi connectivity index (χ3v) is 21.5. The number of aliphatic carboxylic acids is 1. The molecule has 7 aliphatic carbocycles. The van der Waals surface area contributed by atoms with E-state index in [1.165, 1.54) is 0 Å². The SMILES string of the molecule is O=C(OC1C(O)OC2COC(=O)C3CC(OC4C(C5CCC(O)C(O)C5)OC5CC(O)CC6OC7C(O)C(O)CC(C(=O)O)C7C4C56)C(O)C(O)C3C3C(CC(O)C(O)C3O)C(=O)OC2C1OC(=O)C1CC(O)C(O)C(O)C1)C1CC(O)C(O)C(O)C1. The minimum absolute atomic E-state index is 0.0234. The highest BCUT2D eigenvalue weighted by Crippen LogP contribution is 2.58. The largest absolute Gasteiger partial charge is 0.481 e. The van der Waals surface area contributed by atoms with Gasteiger partial charge >= 0.3 is 29.8 Å². The molecule has 11 fully saturated rings. The molecule has 87 heavy (non-hydrogen) atoms. The van der Waals surface area contributed by atoms with Crippen LogP contribution >= 0.6 is 0 Å². The van der Waals surface area contributed by atoms with Gasteiger partial charge in [0.2, 0.25) is 0 Å². The predicted molar refractivity (Wildman–Crippen MR) is 275 cm³/mol. The van der Waals surface area contributed by atoms with Crippen LogP contribution in [0.25, 0.3) is 0 Å². The van der Waals surface area contributed by atoms with Crippen LogP contribution in [0, 0.1) is 65.1 Å². The monoisotopic (exact) mass is 1250 g/mol. The van der Waals surface area contributed by atoms with Crippen LogP contribution in [0.5, 0.6) is 0 Å². The Hall–Kier alpha value is -3.49. The molecule has 0 aromatic rings. The molecule has 0 spiro atoms. The molecule has 4 aliphatic heterocycles. The molecule has 34 atom stereocenters. The molecule has 11 rings (SSSR count). The number of hydrogen-bond acceptors (Lipinski definition) is 30. The lowest BCUT2D eigenvalue weighted by Gasteiger charge is -2.63. The summed E-state index contributed by atoms with van der Waals surface area (Å²) in [5, 5.41) is 200. The molecule has 4 heterocycles. The second-order valence-corrected chi connectivity index (χ2v) is 26.6. The topological polar surface area (TPSA) is 523 Å². The number of carbonyl (C=O) groups excluding carboxylic acids is 4. The highest BCUT2D eigenvalue weighted by atomic mass is 16.7. The Morgan fingerprint density at radius 3 is 1.52 bits per heavy atom. The number of cyclic esters (lactones) is 1. The maximum absolute atomic E-state index is 15.2. The van der Waals surface area contributed by atoms with Gasteiger partial charge in [-0.05, 0) is 83.0 Å². The first kappa shape index (κ1) is 65.0. The molecular formula is C56H82O31. The normalized spacial score (nSPS) is 54.4. The van der Waals surface area contributed by atoms with Crippen molar-refractivity contribution in [2.24, 2.45) is 65.1 Å². The van der Waals surface area contributed by atoms with Gasteiger partial charge in [-0.3, -0.25) is 24.0 Å². The molecule has 31 nitrogen and oxygen atoms in total. The molecule has 7 saturated carbocycles. The molecule has 0 bridgehead atoms. The summed E-state index contributed by atoms with van der Waals surface area (Å²) in [6.07, 6.45) is -49.3. The van der Waals surface area contributed by atoms with Crippen molar-refractivity contribution in [2.75, 3.05) is 6.61 Å². The first-order valence-electron chi connectivity index (χ1n) is 30.3. The van der Waals surface area contributed by atoms with Crippen molar-refractivity contribution in [2.45, 2.75) is 242 Å². The summed E-state index contributed by atoms with van der Waals surface area (Å²) in [5.41, 5.74) is 0. The average Bonchev–Trinajstić information content (AvgIpc) is 1.04. The number of fused-ring (bicyclic) bond motifs is 6. The van der Waals surface area contributed by atoms with Crippen LogP contribution < -0.4 is 0 Å². The van der Waals surface area contributed by atoms with Crippen molar-refractivity contribution in [1.82, 2.24) is 0 Å². The van der Waals surface area contributed by atoms with E-state index in [4.69, 9.17) is 37.9 Å². The van der Waals surface area contributed by atoms with E-state index in [1.54, 1.807) is 0 Å². The number of aliphatic hydroxyl groups excluding tert-OH is 17. The molecule has 34 unspecified atom stereocenters. The molecule has 11 aliphatic rings. The molecule has 0 aromatic heterocycles. The van der Waals surface area contributed by atoms with Crippen LogP contribution in [0.4, 0.5) is 0 Å². The first-order chi connectivity index (χ1) is 41.1. The predicted octanol–water partition coefficient (Wildman–Crippen LogP) is -8.30. The van der Waals surface area contributed by atoms with Gasteiger partial charge in [0.05, 0.1) is 133 Å². The number of rotatable bonds is 8. The Bertz CT molecular complexity index is 2470. The highest BCUT2D eigenvalue weighted by Gasteiger charge is 2.67. The minimum atomic E-state index is -2.38. The van der Waals surface area contributed by atoms with Crippen LogP contribution in [0.2, 0.25) is 0 Å². The lowest BCUT2D eigenvalue weighted by Crippen LogP contribution is -2.72. The third kappa shape index (κ3) is 12.1. The maximum Gasteiger partial charge on any atom is 0.309 e. The summed E-state index contributed by atoms with van der Waals surface area (Å²) >= 11 is 0. The van der Waals surface area contributed by atoms with Gasteiger partial charge in [-0.15, -0.1) is 0 Å². The van der Waals surface area contributed by atoms with Crippen molar-refractivity contribution < 1.29 is 154 Å². The Morgan fingerprint density at radius 1 is 0.414 bits per heavy atom. The summed E-state index contributed by atoms with van der Waals surface area (Å²) in [7, 11) is 0. The van der Waals surface area contributed by atoms with Crippen molar-refractivity contribution in [3.05, 3.63) is 0 Å². The Kier molecular flexibility index (Phi) is 19.1. The molecule has 492 valence electrons. The Morgan fingerprint density at radius 2 is 0.943 bits per heavy atom. The van der Waals surface area contributed by atoms with E-state index in [1.807, 2.05) is 0 Å². The number of ether oxygens (including phenoxy) is 8. The lowest BCUT2D eigenvalue weighted by molar-refractivity contribution is -0.333. The second-order valence-electron chi connectivity index (χ2n) is 26.6. The van der Waals surface area contributed by atoms with Crippen LogP contribution in [0.1, 0.15) is 77.0 Å². The molecular weight excluding hydrogens is 1170 g/mol. The fourth-order valence-corrected chi connectivity index (χ4v) is 17.1. The van der Waals surface area contributed by atoms with Gasteiger partial charge in [-0.2, -0.15) is 0 Å². The van der Waals surface area contributed by atoms with Gasteiger partial charge in [0.15, 0.2) is 24.6 Å². The fourth-order valence-electron chi connectivity index (χ4n) is 17.1. The van der Waals surface area contributed by atoms with Crippen molar-refractivity contribution in [1.29, 1.82) is 0 Å². The average molecular weight is 1250 g/mol. The van der Waals surface area contributed by atoms with E-state index in [-0.39, 0.29) is 32.1 Å². The van der Waals surface area contributed by atoms with E-state index in [0.717, 1.165) is 0 Å². The quantitative estimate of drug-likeness (QED) is 0.0793. The summed E-state index contributed by atoms with van der Waals surface area (Å²) in [6.45, 7) is -1.05.